The quantitative estimate of drug-likeness (QED) is 0.0432. The average Bonchev–Trinajstić information content (AvgIpc) is 2.80. The number of rotatable bonds is 26. The molecule has 0 aliphatic carbocycles. The van der Waals surface area contributed by atoms with Crippen molar-refractivity contribution >= 4 is 25.4 Å². The molecular weight excluding hydrogens is 497 g/mol. The fraction of sp³-hybridized carbons (Fsp3) is 0.963. The van der Waals surface area contributed by atoms with Crippen molar-refractivity contribution in [3.05, 3.63) is 0 Å². The SMILES string of the molecule is CCCCCCCCCCCCCCCCCC(=O)OC[C@H](CO[P+]([O-])(S)OCC[N+](C)(C)C)OC. The highest BCUT2D eigenvalue weighted by Crippen LogP contribution is 2.57. The molecule has 0 radical (unpaired) electrons. The van der Waals surface area contributed by atoms with Gasteiger partial charge < -0.3 is 18.9 Å². The maximum absolute atomic E-state index is 12.3. The smallest absolute Gasteiger partial charge is 0.305 e. The first-order valence-electron chi connectivity index (χ1n) is 14.2. The minimum atomic E-state index is -3.48. The van der Waals surface area contributed by atoms with Crippen LogP contribution in [0.4, 0.5) is 0 Å². The molecule has 0 aliphatic rings. The van der Waals surface area contributed by atoms with Gasteiger partial charge in [-0.1, -0.05) is 96.8 Å². The molecule has 0 fully saturated rings. The van der Waals surface area contributed by atoms with Gasteiger partial charge >= 0.3 is 5.97 Å². The predicted octanol–water partition coefficient (Wildman–Crippen LogP) is 6.51. The number of carbonyl (C=O) groups is 1. The van der Waals surface area contributed by atoms with Crippen molar-refractivity contribution in [2.75, 3.05) is 54.6 Å². The number of hydrogen-bond acceptors (Lipinski definition) is 7. The monoisotopic (exact) mass is 554 g/mol. The number of hydrogen-bond donors (Lipinski definition) is 1. The van der Waals surface area contributed by atoms with Crippen molar-refractivity contribution in [2.45, 2.75) is 116 Å². The fourth-order valence-electron chi connectivity index (χ4n) is 3.73. The molecule has 0 rings (SSSR count). The van der Waals surface area contributed by atoms with Gasteiger partial charge in [-0.2, -0.15) is 9.05 Å². The molecule has 0 aliphatic heterocycles. The summed E-state index contributed by atoms with van der Waals surface area (Å²) in [6.45, 7) is 3.26. The van der Waals surface area contributed by atoms with Gasteiger partial charge in [-0.15, -0.1) is 0 Å². The lowest BCUT2D eigenvalue weighted by Crippen LogP contribution is -2.38. The van der Waals surface area contributed by atoms with Crippen LogP contribution >= 0.6 is 19.4 Å². The molecule has 0 N–H and O–H groups in total. The highest BCUT2D eigenvalue weighted by Gasteiger charge is 2.28. The number of likely N-dealkylation sites (N-methyl/N-ethyl adjacent to an activating group) is 1. The normalized spacial score (nSPS) is 14.5. The van der Waals surface area contributed by atoms with E-state index >= 15 is 0 Å². The Morgan fingerprint density at radius 2 is 1.28 bits per heavy atom. The third kappa shape index (κ3) is 25.7. The van der Waals surface area contributed by atoms with Crippen LogP contribution in [0.2, 0.25) is 0 Å². The minimum Gasteiger partial charge on any atom is -0.622 e. The molecule has 0 bridgehead atoms. The van der Waals surface area contributed by atoms with Crippen LogP contribution in [-0.2, 0) is 23.3 Å². The lowest BCUT2D eigenvalue weighted by molar-refractivity contribution is -0.870. The maximum atomic E-state index is 12.3. The van der Waals surface area contributed by atoms with E-state index in [1.165, 1.54) is 90.6 Å². The zero-order chi connectivity index (χ0) is 27.1. The second kappa shape index (κ2) is 23.0. The average molecular weight is 555 g/mol. The zero-order valence-electron chi connectivity index (χ0n) is 24.0. The first-order chi connectivity index (χ1) is 17.1. The van der Waals surface area contributed by atoms with Gasteiger partial charge in [0.2, 0.25) is 0 Å². The number of unbranched alkanes of at least 4 members (excludes halogenated alkanes) is 14. The summed E-state index contributed by atoms with van der Waals surface area (Å²) in [5.74, 6) is -0.236. The molecule has 0 aromatic rings. The second-order valence-electron chi connectivity index (χ2n) is 10.9. The van der Waals surface area contributed by atoms with Crippen molar-refractivity contribution in [1.82, 2.24) is 0 Å². The number of nitrogens with zero attached hydrogens (tertiary/aromatic N) is 1. The molecule has 0 saturated heterocycles. The number of methoxy groups -OCH3 is 1. The topological polar surface area (TPSA) is 77.1 Å². The van der Waals surface area contributed by atoms with Crippen LogP contribution in [0.1, 0.15) is 110 Å². The Kier molecular flexibility index (Phi) is 23.0. The van der Waals surface area contributed by atoms with E-state index in [1.807, 2.05) is 21.1 Å². The Bertz CT molecular complexity index is 519. The van der Waals surface area contributed by atoms with E-state index in [4.69, 9.17) is 18.5 Å². The molecule has 2 atom stereocenters. The largest absolute Gasteiger partial charge is 0.622 e. The van der Waals surface area contributed by atoms with Crippen LogP contribution in [0.3, 0.4) is 0 Å². The Morgan fingerprint density at radius 3 is 1.72 bits per heavy atom. The van der Waals surface area contributed by atoms with Gasteiger partial charge in [0.15, 0.2) is 0 Å². The van der Waals surface area contributed by atoms with Crippen LogP contribution < -0.4 is 4.89 Å². The third-order valence-electron chi connectivity index (χ3n) is 6.19. The van der Waals surface area contributed by atoms with Crippen molar-refractivity contribution in [3.63, 3.8) is 0 Å². The summed E-state index contributed by atoms with van der Waals surface area (Å²) in [6, 6.07) is 0. The van der Waals surface area contributed by atoms with Gasteiger partial charge in [-0.05, 0) is 6.42 Å². The van der Waals surface area contributed by atoms with E-state index in [9.17, 15) is 9.69 Å². The molecule has 0 heterocycles. The maximum Gasteiger partial charge on any atom is 0.305 e. The Balaban J connectivity index is 3.64. The summed E-state index contributed by atoms with van der Waals surface area (Å²) in [5.41, 5.74) is 0. The Hall–Kier alpha value is 0.0500. The highest BCUT2D eigenvalue weighted by atomic mass is 32.7. The molecule has 1 unspecified atom stereocenters. The number of quaternary nitrogens is 1. The van der Waals surface area contributed by atoms with Gasteiger partial charge in [-0.25, -0.2) is 0 Å². The van der Waals surface area contributed by atoms with Crippen LogP contribution in [0.15, 0.2) is 0 Å². The molecule has 0 amide bonds. The number of esters is 1. The van der Waals surface area contributed by atoms with E-state index in [0.29, 0.717) is 17.4 Å². The molecule has 36 heavy (non-hydrogen) atoms. The van der Waals surface area contributed by atoms with E-state index < -0.39 is 13.2 Å². The molecule has 0 spiro atoms. The van der Waals surface area contributed by atoms with Crippen LogP contribution in [0, 0.1) is 0 Å². The Morgan fingerprint density at radius 1 is 0.806 bits per heavy atom. The van der Waals surface area contributed by atoms with Crippen molar-refractivity contribution in [2.24, 2.45) is 0 Å². The predicted molar refractivity (Wildman–Crippen MR) is 152 cm³/mol. The van der Waals surface area contributed by atoms with Crippen LogP contribution in [-0.4, -0.2) is 71.2 Å². The summed E-state index contributed by atoms with van der Waals surface area (Å²) in [5, 5.41) is 0. The molecule has 216 valence electrons. The first-order valence-corrected chi connectivity index (χ1v) is 16.9. The lowest BCUT2D eigenvalue weighted by Gasteiger charge is -2.26. The van der Waals surface area contributed by atoms with E-state index in [2.05, 4.69) is 19.2 Å². The third-order valence-corrected chi connectivity index (χ3v) is 7.87. The van der Waals surface area contributed by atoms with Crippen molar-refractivity contribution in [1.29, 1.82) is 0 Å². The van der Waals surface area contributed by atoms with Gasteiger partial charge in [0.05, 0.1) is 33.4 Å². The summed E-state index contributed by atoms with van der Waals surface area (Å²) >= 11 is 4.00. The van der Waals surface area contributed by atoms with E-state index in [0.717, 1.165) is 12.8 Å². The standard InChI is InChI=1S/C27H56NO6PS/c1-6-7-8-9-10-11-12-13-14-15-16-17-18-19-20-21-27(29)32-24-26(31-5)25-34-35(30,36)33-23-22-28(2,3)4/h26H,6-25H2,1-5H3/p+1/t26-,35?/m1/s1. The minimum absolute atomic E-state index is 0.0199. The number of carbonyl (C=O) groups excluding carboxylic acids is 1. The fourth-order valence-corrected chi connectivity index (χ4v) is 4.91. The Labute approximate surface area is 228 Å². The summed E-state index contributed by atoms with van der Waals surface area (Å²) in [4.78, 5) is 24.3. The lowest BCUT2D eigenvalue weighted by atomic mass is 10.0. The van der Waals surface area contributed by atoms with Gasteiger partial charge in [0.1, 0.15) is 32.5 Å². The van der Waals surface area contributed by atoms with Crippen LogP contribution in [0.25, 0.3) is 0 Å². The number of thiol groups is 1. The molecule has 9 heteroatoms. The summed E-state index contributed by atoms with van der Waals surface area (Å²) in [7, 11) is 4.07. The highest BCUT2D eigenvalue weighted by molar-refractivity contribution is 8.46. The summed E-state index contributed by atoms with van der Waals surface area (Å²) < 4.78 is 21.8. The molecular formula is C27H57NO6PS+. The van der Waals surface area contributed by atoms with Crippen molar-refractivity contribution in [3.8, 4) is 0 Å². The summed E-state index contributed by atoms with van der Waals surface area (Å²) in [6.07, 6.45) is 19.3. The first kappa shape index (κ1) is 36.0. The molecule has 0 saturated carbocycles. The van der Waals surface area contributed by atoms with Gasteiger partial charge in [0, 0.05) is 13.5 Å². The van der Waals surface area contributed by atoms with Gasteiger partial charge in [0.25, 0.3) is 7.15 Å². The second-order valence-corrected chi connectivity index (χ2v) is 13.8. The van der Waals surface area contributed by atoms with E-state index in [1.54, 1.807) is 0 Å². The van der Waals surface area contributed by atoms with Gasteiger partial charge in [-0.3, -0.25) is 4.79 Å². The zero-order valence-corrected chi connectivity index (χ0v) is 25.8. The van der Waals surface area contributed by atoms with Crippen LogP contribution in [0.5, 0.6) is 0 Å². The van der Waals surface area contributed by atoms with Crippen molar-refractivity contribution < 1.29 is 32.7 Å². The van der Waals surface area contributed by atoms with E-state index in [-0.39, 0.29) is 25.8 Å². The molecule has 0 aromatic carbocycles. The molecule has 0 aromatic heterocycles. The molecule has 7 nitrogen and oxygen atoms in total. The number of ether oxygens (including phenoxy) is 2.